The van der Waals surface area contributed by atoms with Gasteiger partial charge in [0.15, 0.2) is 0 Å². The van der Waals surface area contributed by atoms with Crippen molar-refractivity contribution < 1.29 is 14.0 Å². The van der Waals surface area contributed by atoms with Gasteiger partial charge < -0.3 is 0 Å². The molecule has 0 aromatic heterocycles. The van der Waals surface area contributed by atoms with E-state index in [4.69, 9.17) is 37.6 Å². The minimum absolute atomic E-state index is 0.566. The Kier molecular flexibility index (Phi) is 14.0. The monoisotopic (exact) mass is 578 g/mol. The van der Waals surface area contributed by atoms with Crippen LogP contribution >= 0.6 is 34.2 Å². The van der Waals surface area contributed by atoms with Crippen LogP contribution in [0.4, 0.5) is 0 Å². The van der Waals surface area contributed by atoms with Gasteiger partial charge in [0, 0.05) is 0 Å². The molecule has 114 valence electrons. The molecule has 0 aromatic rings. The second-order valence-corrected chi connectivity index (χ2v) is 20.8. The van der Waals surface area contributed by atoms with E-state index in [0.717, 1.165) is 11.5 Å². The molecule has 0 aromatic carbocycles. The zero-order valence-electron chi connectivity index (χ0n) is 11.5. The molecule has 11 heteroatoms. The van der Waals surface area contributed by atoms with Gasteiger partial charge in [0.2, 0.25) is 0 Å². The van der Waals surface area contributed by atoms with E-state index in [1.165, 1.54) is 0 Å². The van der Waals surface area contributed by atoms with Crippen molar-refractivity contribution in [2.75, 3.05) is 24.7 Å². The minimum atomic E-state index is -2.23. The molecule has 0 aliphatic rings. The fraction of sp³-hybridized carbons (Fsp3) is 1.00. The predicted octanol–water partition coefficient (Wildman–Crippen LogP) is 4.58. The second-order valence-electron chi connectivity index (χ2n) is 2.83. The summed E-state index contributed by atoms with van der Waals surface area (Å²) < 4.78 is 22.8. The Morgan fingerprint density at radius 2 is 1.21 bits per heavy atom. The molecule has 0 saturated carbocycles. The molecule has 0 fully saturated rings. The Morgan fingerprint density at radius 1 is 0.842 bits per heavy atom. The maximum absolute atomic E-state index is 5.81. The Labute approximate surface area is 148 Å². The van der Waals surface area contributed by atoms with Gasteiger partial charge in [-0.15, -0.1) is 0 Å². The van der Waals surface area contributed by atoms with Crippen LogP contribution < -0.4 is 0 Å². The molecule has 0 spiro atoms. The Bertz CT molecular complexity index is 284. The molecule has 2 radical (unpaired) electrons. The zero-order chi connectivity index (χ0) is 14.8. The van der Waals surface area contributed by atoms with Gasteiger partial charge in [-0.1, -0.05) is 0 Å². The van der Waals surface area contributed by atoms with Crippen LogP contribution in [0.5, 0.6) is 0 Å². The maximum atomic E-state index is 5.81. The summed E-state index contributed by atoms with van der Waals surface area (Å²) in [6, 6.07) is 0. The average Bonchev–Trinajstić information content (AvgIpc) is 2.29. The van der Waals surface area contributed by atoms with Gasteiger partial charge in [-0.05, 0) is 0 Å². The Balaban J connectivity index is 4.36. The first-order valence-corrected chi connectivity index (χ1v) is 17.5. The molecule has 0 heterocycles. The molecule has 4 nitrogen and oxygen atoms in total. The first-order valence-electron chi connectivity index (χ1n) is 5.85. The first kappa shape index (κ1) is 21.8. The number of rotatable bonds is 12. The zero-order valence-corrected chi connectivity index (χ0v) is 20.4. The normalized spacial score (nSPS) is 17.9. The van der Waals surface area contributed by atoms with E-state index in [1.54, 1.807) is 22.8 Å². The molecule has 0 rings (SSSR count). The molecule has 19 heavy (non-hydrogen) atoms. The van der Waals surface area contributed by atoms with E-state index in [-0.39, 0.29) is 0 Å². The van der Waals surface area contributed by atoms with Gasteiger partial charge in [0.1, 0.15) is 0 Å². The second kappa shape index (κ2) is 12.2. The van der Waals surface area contributed by atoms with Crippen molar-refractivity contribution in [3.8, 4) is 0 Å². The molecule has 0 amide bonds. The average molecular weight is 578 g/mol. The van der Waals surface area contributed by atoms with Gasteiger partial charge in [-0.2, -0.15) is 0 Å². The molecule has 2 unspecified atom stereocenters. The number of hydrogen-bond donors (Lipinski definition) is 0. The number of hydrogen-bond acceptors (Lipinski definition) is 8. The van der Waals surface area contributed by atoms with Crippen LogP contribution in [0.2, 0.25) is 0 Å². The summed E-state index contributed by atoms with van der Waals surface area (Å²) in [5, 5.41) is 0. The molecule has 0 bridgehead atoms. The van der Waals surface area contributed by atoms with Crippen molar-refractivity contribution in [1.29, 1.82) is 0 Å². The fourth-order valence-corrected chi connectivity index (χ4v) is 20.1. The van der Waals surface area contributed by atoms with Gasteiger partial charge >= 0.3 is 149 Å². The van der Waals surface area contributed by atoms with E-state index >= 15 is 0 Å². The summed E-state index contributed by atoms with van der Waals surface area (Å²) in [5.74, 6) is 1.76. The molecule has 0 saturated heterocycles. The van der Waals surface area contributed by atoms with Crippen molar-refractivity contribution in [1.82, 2.24) is 0 Å². The van der Waals surface area contributed by atoms with Crippen LogP contribution in [0.1, 0.15) is 27.7 Å². The SMILES string of the molecule is CCOP(=S)([O][Pb][O]P(=S)(OCC)SCC)SCC. The van der Waals surface area contributed by atoms with E-state index in [9.17, 15) is 0 Å². The van der Waals surface area contributed by atoms with Crippen molar-refractivity contribution in [3.63, 3.8) is 0 Å². The third-order valence-electron chi connectivity index (χ3n) is 1.45. The summed E-state index contributed by atoms with van der Waals surface area (Å²) in [5.41, 5.74) is -4.45. The van der Waals surface area contributed by atoms with Crippen LogP contribution in [-0.4, -0.2) is 49.9 Å². The van der Waals surface area contributed by atoms with Crippen molar-refractivity contribution in [2.24, 2.45) is 0 Å². The van der Waals surface area contributed by atoms with Crippen LogP contribution in [0.25, 0.3) is 0 Å². The van der Waals surface area contributed by atoms with Crippen molar-refractivity contribution in [3.05, 3.63) is 0 Å². The third-order valence-corrected chi connectivity index (χ3v) is 25.8. The van der Waals surface area contributed by atoms with Gasteiger partial charge in [-0.3, -0.25) is 0 Å². The molecule has 0 aliphatic heterocycles. The molecular weight excluding hydrogens is 558 g/mol. The standard InChI is InChI=1S/2C4H11O2PS2.Pb/c2*1-3-6-7(5,8)9-4-2;/h2*3-4H2,1-2H3,(H,5,8);/q;;+2/p-2. The van der Waals surface area contributed by atoms with Gasteiger partial charge in [-0.25, -0.2) is 0 Å². The fourth-order valence-electron chi connectivity index (χ4n) is 0.920. The van der Waals surface area contributed by atoms with Crippen LogP contribution in [-0.2, 0) is 37.6 Å². The van der Waals surface area contributed by atoms with E-state index < -0.39 is 36.5 Å². The van der Waals surface area contributed by atoms with Crippen LogP contribution in [0.15, 0.2) is 0 Å². The van der Waals surface area contributed by atoms with Gasteiger partial charge in [0.25, 0.3) is 0 Å². The summed E-state index contributed by atoms with van der Waals surface area (Å²) in [7, 11) is 0. The molecule has 2 atom stereocenters. The molecule has 0 N–H and O–H groups in total. The predicted molar refractivity (Wildman–Crippen MR) is 96.0 cm³/mol. The van der Waals surface area contributed by atoms with Crippen molar-refractivity contribution >= 4 is 82.9 Å². The van der Waals surface area contributed by atoms with E-state index in [0.29, 0.717) is 13.2 Å². The summed E-state index contributed by atoms with van der Waals surface area (Å²) in [6.07, 6.45) is 0. The molecule has 0 aliphatic carbocycles. The van der Waals surface area contributed by atoms with Crippen molar-refractivity contribution in [2.45, 2.75) is 27.7 Å². The summed E-state index contributed by atoms with van der Waals surface area (Å²) >= 11 is 12.2. The van der Waals surface area contributed by atoms with Crippen LogP contribution in [0.3, 0.4) is 0 Å². The Hall–Kier alpha value is 2.76. The quantitative estimate of drug-likeness (QED) is 0.247. The molecular formula is C8H20O4P2PbS4. The Morgan fingerprint density at radius 3 is 1.47 bits per heavy atom. The van der Waals surface area contributed by atoms with E-state index in [2.05, 4.69) is 0 Å². The van der Waals surface area contributed by atoms with Crippen LogP contribution in [0, 0.1) is 0 Å². The topological polar surface area (TPSA) is 36.9 Å². The van der Waals surface area contributed by atoms with E-state index in [1.807, 2.05) is 27.7 Å². The third kappa shape index (κ3) is 10.2. The summed E-state index contributed by atoms with van der Waals surface area (Å²) in [4.78, 5) is 0. The van der Waals surface area contributed by atoms with Gasteiger partial charge in [0.05, 0.1) is 0 Å². The first-order chi connectivity index (χ1) is 8.95. The summed E-state index contributed by atoms with van der Waals surface area (Å²) in [6.45, 7) is 9.06.